The Morgan fingerprint density at radius 3 is 2.81 bits per heavy atom. The van der Waals surface area contributed by atoms with Gasteiger partial charge in [0.15, 0.2) is 0 Å². The van der Waals surface area contributed by atoms with Gasteiger partial charge >= 0.3 is 6.01 Å². The highest BCUT2D eigenvalue weighted by atomic mass is 35.5. The molecular formula is C32H35ClN6O3. The van der Waals surface area contributed by atoms with Crippen LogP contribution in [0.5, 0.6) is 6.01 Å². The van der Waals surface area contributed by atoms with Crippen molar-refractivity contribution in [3.05, 3.63) is 82.3 Å². The molecule has 1 aromatic heterocycles. The van der Waals surface area contributed by atoms with E-state index in [1.807, 2.05) is 18.2 Å². The van der Waals surface area contributed by atoms with Crippen LogP contribution in [0.3, 0.4) is 0 Å². The van der Waals surface area contributed by atoms with E-state index >= 15 is 0 Å². The molecule has 0 spiro atoms. The second-order valence-electron chi connectivity index (χ2n) is 11.2. The van der Waals surface area contributed by atoms with Gasteiger partial charge in [-0.15, -0.1) is 0 Å². The number of carbonyl (C=O) groups excluding carboxylic acids is 1. The topological polar surface area (TPSA) is 75.4 Å². The fourth-order valence-corrected chi connectivity index (χ4v) is 6.72. The van der Waals surface area contributed by atoms with Gasteiger partial charge in [0.2, 0.25) is 12.5 Å². The SMILES string of the molecule is [C-]#[N+]C[C@@H]1CN(c2nc(OC[C@@H]3CCCN3C)nc3c2CO[C@H](c2cccc4cccc(Cl)c24)C3)CCN1C(=O)C=C. The van der Waals surface area contributed by atoms with E-state index in [-0.39, 0.29) is 24.6 Å². The summed E-state index contributed by atoms with van der Waals surface area (Å²) in [6, 6.07) is 12.5. The van der Waals surface area contributed by atoms with Crippen LogP contribution < -0.4 is 9.64 Å². The second-order valence-corrected chi connectivity index (χ2v) is 11.6. The van der Waals surface area contributed by atoms with Gasteiger partial charge in [-0.2, -0.15) is 9.97 Å². The number of aromatic nitrogens is 2. The second kappa shape index (κ2) is 12.3. The van der Waals surface area contributed by atoms with Gasteiger partial charge < -0.3 is 29.0 Å². The average Bonchev–Trinajstić information content (AvgIpc) is 3.43. The van der Waals surface area contributed by atoms with E-state index in [1.165, 1.54) is 6.08 Å². The number of hydrogen-bond donors (Lipinski definition) is 0. The maximum atomic E-state index is 12.5. The summed E-state index contributed by atoms with van der Waals surface area (Å²) in [4.78, 5) is 32.2. The molecule has 0 bridgehead atoms. The number of likely N-dealkylation sites (N-methyl/N-ethyl adjacent to an activating group) is 1. The van der Waals surface area contributed by atoms with Gasteiger partial charge in [0.05, 0.1) is 18.4 Å². The van der Waals surface area contributed by atoms with Gasteiger partial charge in [0.25, 0.3) is 0 Å². The zero-order chi connectivity index (χ0) is 29.2. The first-order valence-corrected chi connectivity index (χ1v) is 14.9. The van der Waals surface area contributed by atoms with Crippen molar-refractivity contribution in [3.8, 4) is 6.01 Å². The first-order chi connectivity index (χ1) is 20.5. The summed E-state index contributed by atoms with van der Waals surface area (Å²) >= 11 is 6.67. The van der Waals surface area contributed by atoms with E-state index in [4.69, 9.17) is 37.6 Å². The lowest BCUT2D eigenvalue weighted by Gasteiger charge is -2.40. The van der Waals surface area contributed by atoms with Crippen LogP contribution in [0.2, 0.25) is 5.02 Å². The molecule has 9 nitrogen and oxygen atoms in total. The van der Waals surface area contributed by atoms with Crippen LogP contribution in [0.15, 0.2) is 49.1 Å². The lowest BCUT2D eigenvalue weighted by Crippen LogP contribution is -2.56. The predicted octanol–water partition coefficient (Wildman–Crippen LogP) is 4.69. The number of rotatable bonds is 7. The molecule has 218 valence electrons. The van der Waals surface area contributed by atoms with Crippen LogP contribution in [-0.4, -0.2) is 84.1 Å². The molecule has 3 aliphatic heterocycles. The summed E-state index contributed by atoms with van der Waals surface area (Å²) < 4.78 is 12.8. The molecule has 3 aliphatic rings. The van der Waals surface area contributed by atoms with Gasteiger partial charge in [-0.1, -0.05) is 48.5 Å². The van der Waals surface area contributed by atoms with Gasteiger partial charge in [0, 0.05) is 48.1 Å². The zero-order valence-corrected chi connectivity index (χ0v) is 24.6. The van der Waals surface area contributed by atoms with E-state index in [0.29, 0.717) is 56.3 Å². The highest BCUT2D eigenvalue weighted by molar-refractivity contribution is 6.35. The Hall–Kier alpha value is -3.71. The van der Waals surface area contributed by atoms with Crippen molar-refractivity contribution in [1.29, 1.82) is 0 Å². The van der Waals surface area contributed by atoms with Gasteiger partial charge in [0.1, 0.15) is 18.5 Å². The molecule has 2 aromatic carbocycles. The molecule has 0 aliphatic carbocycles. The molecule has 0 radical (unpaired) electrons. The zero-order valence-electron chi connectivity index (χ0n) is 23.8. The molecule has 2 fully saturated rings. The van der Waals surface area contributed by atoms with E-state index < -0.39 is 0 Å². The number of piperazine rings is 1. The number of carbonyl (C=O) groups is 1. The predicted molar refractivity (Wildman–Crippen MR) is 163 cm³/mol. The minimum Gasteiger partial charge on any atom is -0.462 e. The quantitative estimate of drug-likeness (QED) is 0.294. The molecule has 3 aromatic rings. The molecule has 0 saturated carbocycles. The standard InChI is InChI=1S/C32H35ClN6O3/c1-4-29(40)39-15-14-38(18-23(39)17-34-2)31-25-20-41-28(24-11-5-8-21-9-6-12-26(33)30(21)24)16-27(25)35-32(36-31)42-19-22-10-7-13-37(22)3/h4-6,8-9,11-12,22-23,28H,1,7,10,13-20H2,3H3/t22-,23+,28-/m0/s1. The summed E-state index contributed by atoms with van der Waals surface area (Å²) in [6.45, 7) is 14.8. The molecule has 0 unspecified atom stereocenters. The smallest absolute Gasteiger partial charge is 0.318 e. The Labute approximate surface area is 251 Å². The number of amides is 1. The molecule has 3 atom stereocenters. The van der Waals surface area contributed by atoms with Crippen molar-refractivity contribution in [2.24, 2.45) is 0 Å². The van der Waals surface area contributed by atoms with Gasteiger partial charge in [-0.05, 0) is 49.5 Å². The first kappa shape index (κ1) is 28.4. The monoisotopic (exact) mass is 586 g/mol. The van der Waals surface area contributed by atoms with Crippen molar-refractivity contribution in [2.75, 3.05) is 51.3 Å². The van der Waals surface area contributed by atoms with Crippen molar-refractivity contribution in [2.45, 2.75) is 44.1 Å². The summed E-state index contributed by atoms with van der Waals surface area (Å²) in [5.74, 6) is 0.600. The Morgan fingerprint density at radius 2 is 2.05 bits per heavy atom. The van der Waals surface area contributed by atoms with E-state index in [2.05, 4.69) is 46.5 Å². The van der Waals surface area contributed by atoms with Gasteiger partial charge in [-0.25, -0.2) is 6.57 Å². The summed E-state index contributed by atoms with van der Waals surface area (Å²) in [5, 5.41) is 2.76. The third-order valence-corrected chi connectivity index (χ3v) is 9.02. The molecular weight excluding hydrogens is 552 g/mol. The van der Waals surface area contributed by atoms with E-state index in [1.54, 1.807) is 4.90 Å². The number of benzene rings is 2. The fraction of sp³-hybridized carbons (Fsp3) is 0.438. The minimum absolute atomic E-state index is 0.155. The van der Waals surface area contributed by atoms with Crippen LogP contribution in [0.25, 0.3) is 15.6 Å². The molecule has 1 amide bonds. The summed E-state index contributed by atoms with van der Waals surface area (Å²) in [7, 11) is 2.12. The summed E-state index contributed by atoms with van der Waals surface area (Å²) in [5.41, 5.74) is 2.85. The van der Waals surface area contributed by atoms with Crippen molar-refractivity contribution in [1.82, 2.24) is 19.8 Å². The number of likely N-dealkylation sites (tertiary alicyclic amines) is 1. The fourth-order valence-electron chi connectivity index (χ4n) is 6.42. The Balaban J connectivity index is 1.34. The molecule has 10 heteroatoms. The third kappa shape index (κ3) is 5.54. The first-order valence-electron chi connectivity index (χ1n) is 14.5. The molecule has 42 heavy (non-hydrogen) atoms. The van der Waals surface area contributed by atoms with Crippen LogP contribution in [0.4, 0.5) is 5.82 Å². The number of hydrogen-bond acceptors (Lipinski definition) is 7. The highest BCUT2D eigenvalue weighted by Gasteiger charge is 2.35. The summed E-state index contributed by atoms with van der Waals surface area (Å²) in [6.07, 6.45) is 3.89. The number of nitrogens with zero attached hydrogens (tertiary/aromatic N) is 6. The molecule has 6 rings (SSSR count). The number of ether oxygens (including phenoxy) is 2. The highest BCUT2D eigenvalue weighted by Crippen LogP contribution is 2.39. The van der Waals surface area contributed by atoms with E-state index in [0.717, 1.165) is 52.8 Å². The average molecular weight is 587 g/mol. The lowest BCUT2D eigenvalue weighted by atomic mass is 9.94. The lowest BCUT2D eigenvalue weighted by molar-refractivity contribution is -0.128. The largest absolute Gasteiger partial charge is 0.462 e. The number of fused-ring (bicyclic) bond motifs is 2. The molecule has 0 N–H and O–H groups in total. The number of halogens is 1. The Morgan fingerprint density at radius 1 is 1.21 bits per heavy atom. The Bertz CT molecular complexity index is 1540. The maximum absolute atomic E-state index is 12.5. The van der Waals surface area contributed by atoms with Crippen LogP contribution in [0, 0.1) is 6.57 Å². The van der Waals surface area contributed by atoms with E-state index in [9.17, 15) is 4.79 Å². The van der Waals surface area contributed by atoms with Crippen LogP contribution in [-0.2, 0) is 22.6 Å². The number of anilines is 1. The maximum Gasteiger partial charge on any atom is 0.318 e. The molecule has 2 saturated heterocycles. The van der Waals surface area contributed by atoms with Crippen LogP contribution >= 0.6 is 11.6 Å². The van der Waals surface area contributed by atoms with Crippen molar-refractivity contribution >= 4 is 34.1 Å². The van der Waals surface area contributed by atoms with Crippen LogP contribution in [0.1, 0.15) is 35.8 Å². The minimum atomic E-state index is -0.265. The third-order valence-electron chi connectivity index (χ3n) is 8.71. The Kier molecular flexibility index (Phi) is 8.29. The van der Waals surface area contributed by atoms with Gasteiger partial charge in [-0.3, -0.25) is 4.79 Å². The molecule has 4 heterocycles. The van der Waals surface area contributed by atoms with Crippen molar-refractivity contribution in [3.63, 3.8) is 0 Å². The normalized spacial score (nSPS) is 22.5. The van der Waals surface area contributed by atoms with Crippen molar-refractivity contribution < 1.29 is 14.3 Å².